The lowest BCUT2D eigenvalue weighted by Crippen LogP contribution is -2.47. The van der Waals surface area contributed by atoms with E-state index in [0.29, 0.717) is 28.6 Å². The van der Waals surface area contributed by atoms with Gasteiger partial charge in [-0.25, -0.2) is 0 Å². The normalized spacial score (nSPS) is 14.7. The molecule has 172 valence electrons. The smallest absolute Gasteiger partial charge is 0.238 e. The van der Waals surface area contributed by atoms with Crippen LogP contribution in [-0.4, -0.2) is 78.6 Å². The number of ketones is 1. The van der Waals surface area contributed by atoms with E-state index >= 15 is 0 Å². The van der Waals surface area contributed by atoms with Crippen LogP contribution in [0.5, 0.6) is 5.75 Å². The molecule has 1 fully saturated rings. The van der Waals surface area contributed by atoms with E-state index in [1.54, 1.807) is 25.3 Å². The average Bonchev–Trinajstić information content (AvgIpc) is 3.29. The number of anilines is 1. The van der Waals surface area contributed by atoms with Crippen molar-refractivity contribution >= 4 is 28.7 Å². The molecule has 8 nitrogen and oxygen atoms in total. The second-order valence-electron chi connectivity index (χ2n) is 8.01. The van der Waals surface area contributed by atoms with Gasteiger partial charge in [0.2, 0.25) is 5.91 Å². The number of amides is 1. The molecule has 0 bridgehead atoms. The van der Waals surface area contributed by atoms with Crippen LogP contribution in [0.2, 0.25) is 0 Å². The van der Waals surface area contributed by atoms with Crippen molar-refractivity contribution in [1.82, 2.24) is 20.0 Å². The fourth-order valence-electron chi connectivity index (χ4n) is 3.64. The summed E-state index contributed by atoms with van der Waals surface area (Å²) in [6.45, 7) is 3.90. The van der Waals surface area contributed by atoms with E-state index in [1.165, 1.54) is 11.3 Å². The lowest BCUT2D eigenvalue weighted by Gasteiger charge is -2.31. The van der Waals surface area contributed by atoms with E-state index in [-0.39, 0.29) is 18.1 Å². The second-order valence-corrected chi connectivity index (χ2v) is 9.07. The Bertz CT molecular complexity index is 1110. The Morgan fingerprint density at radius 2 is 1.82 bits per heavy atom. The zero-order valence-electron chi connectivity index (χ0n) is 18.8. The fourth-order valence-corrected chi connectivity index (χ4v) is 4.48. The molecule has 0 atom stereocenters. The van der Waals surface area contributed by atoms with Gasteiger partial charge in [-0.3, -0.25) is 14.5 Å². The van der Waals surface area contributed by atoms with Crippen molar-refractivity contribution < 1.29 is 14.3 Å². The number of Topliss-reactive ketones (excluding diaryl/α,β-unsaturated/α-hetero) is 1. The standard InChI is InChI=1S/C24H27N5O3S/c1-28-10-12-29(13-11-28)16-22(31)25-19-14-18(8-9-21(19)32-2)20(30)15-23-26-27-24(33-23)17-6-4-3-5-7-17/h3-9,14H,10-13,15-16H2,1-2H3,(H,25,31). The number of piperazine rings is 1. The SMILES string of the molecule is COc1ccc(C(=O)Cc2nnc(-c3ccccc3)s2)cc1NC(=O)CN1CCN(C)CC1. The Labute approximate surface area is 197 Å². The summed E-state index contributed by atoms with van der Waals surface area (Å²) in [6.07, 6.45) is 0.144. The molecule has 1 amide bonds. The number of hydrogen-bond acceptors (Lipinski definition) is 8. The van der Waals surface area contributed by atoms with Crippen molar-refractivity contribution in [3.05, 3.63) is 59.1 Å². The maximum Gasteiger partial charge on any atom is 0.238 e. The van der Waals surface area contributed by atoms with E-state index < -0.39 is 0 Å². The van der Waals surface area contributed by atoms with Crippen LogP contribution < -0.4 is 10.1 Å². The van der Waals surface area contributed by atoms with Gasteiger partial charge in [-0.1, -0.05) is 41.7 Å². The van der Waals surface area contributed by atoms with Crippen LogP contribution in [0.1, 0.15) is 15.4 Å². The number of benzene rings is 2. The number of carbonyl (C=O) groups excluding carboxylic acids is 2. The van der Waals surface area contributed by atoms with Crippen molar-refractivity contribution in [3.8, 4) is 16.3 Å². The lowest BCUT2D eigenvalue weighted by molar-refractivity contribution is -0.117. The zero-order valence-corrected chi connectivity index (χ0v) is 19.6. The first-order valence-corrected chi connectivity index (χ1v) is 11.6. The number of aromatic nitrogens is 2. The molecule has 0 saturated carbocycles. The first-order valence-electron chi connectivity index (χ1n) is 10.8. The highest BCUT2D eigenvalue weighted by atomic mass is 32.1. The van der Waals surface area contributed by atoms with Crippen molar-refractivity contribution in [3.63, 3.8) is 0 Å². The largest absolute Gasteiger partial charge is 0.495 e. The minimum absolute atomic E-state index is 0.0945. The molecule has 2 aromatic carbocycles. The number of methoxy groups -OCH3 is 1. The topological polar surface area (TPSA) is 87.7 Å². The second kappa shape index (κ2) is 10.7. The van der Waals surface area contributed by atoms with Crippen LogP contribution in [0.15, 0.2) is 48.5 Å². The summed E-state index contributed by atoms with van der Waals surface area (Å²) in [6, 6.07) is 14.8. The molecule has 9 heteroatoms. The van der Waals surface area contributed by atoms with Gasteiger partial charge in [-0.05, 0) is 25.2 Å². The van der Waals surface area contributed by atoms with E-state index in [1.807, 2.05) is 30.3 Å². The molecule has 0 radical (unpaired) electrons. The molecular formula is C24H27N5O3S. The van der Waals surface area contributed by atoms with E-state index in [2.05, 4.69) is 32.4 Å². The Hall–Kier alpha value is -3.14. The van der Waals surface area contributed by atoms with E-state index in [9.17, 15) is 9.59 Å². The highest BCUT2D eigenvalue weighted by Crippen LogP contribution is 2.27. The molecule has 1 N–H and O–H groups in total. The van der Waals surface area contributed by atoms with Gasteiger partial charge in [0.15, 0.2) is 5.78 Å². The van der Waals surface area contributed by atoms with Gasteiger partial charge in [0.05, 0.1) is 25.8 Å². The van der Waals surface area contributed by atoms with Gasteiger partial charge in [0, 0.05) is 37.3 Å². The lowest BCUT2D eigenvalue weighted by atomic mass is 10.1. The van der Waals surface area contributed by atoms with Gasteiger partial charge >= 0.3 is 0 Å². The van der Waals surface area contributed by atoms with Crippen LogP contribution in [0.3, 0.4) is 0 Å². The molecule has 3 aromatic rings. The summed E-state index contributed by atoms with van der Waals surface area (Å²) >= 11 is 1.40. The van der Waals surface area contributed by atoms with Gasteiger partial charge in [-0.2, -0.15) is 0 Å². The first-order chi connectivity index (χ1) is 16.0. The Morgan fingerprint density at radius 3 is 2.55 bits per heavy atom. The Kier molecular flexibility index (Phi) is 7.43. The highest BCUT2D eigenvalue weighted by Gasteiger charge is 2.19. The van der Waals surface area contributed by atoms with Crippen molar-refractivity contribution in [2.75, 3.05) is 52.2 Å². The number of hydrogen-bond donors (Lipinski definition) is 1. The van der Waals surface area contributed by atoms with Crippen LogP contribution in [0.4, 0.5) is 5.69 Å². The number of nitrogens with one attached hydrogen (secondary N) is 1. The number of likely N-dealkylation sites (N-methyl/N-ethyl adjacent to an activating group) is 1. The van der Waals surface area contributed by atoms with E-state index in [4.69, 9.17) is 4.74 Å². The maximum absolute atomic E-state index is 12.9. The summed E-state index contributed by atoms with van der Waals surface area (Å²) in [5.74, 6) is 0.294. The molecule has 1 aliphatic heterocycles. The molecule has 1 aliphatic rings. The number of rotatable bonds is 8. The zero-order chi connectivity index (χ0) is 23.2. The summed E-state index contributed by atoms with van der Waals surface area (Å²) in [5, 5.41) is 12.7. The van der Waals surface area contributed by atoms with E-state index in [0.717, 1.165) is 36.8 Å². The quantitative estimate of drug-likeness (QED) is 0.512. The van der Waals surface area contributed by atoms with Crippen molar-refractivity contribution in [1.29, 1.82) is 0 Å². The molecule has 1 saturated heterocycles. The number of nitrogens with zero attached hydrogens (tertiary/aromatic N) is 4. The molecule has 33 heavy (non-hydrogen) atoms. The highest BCUT2D eigenvalue weighted by molar-refractivity contribution is 7.14. The van der Waals surface area contributed by atoms with Gasteiger partial charge in [0.1, 0.15) is 15.8 Å². The molecule has 0 aliphatic carbocycles. The average molecular weight is 466 g/mol. The number of carbonyl (C=O) groups is 2. The third-order valence-corrected chi connectivity index (χ3v) is 6.53. The summed E-state index contributed by atoms with van der Waals surface area (Å²) in [4.78, 5) is 29.9. The van der Waals surface area contributed by atoms with Crippen LogP contribution in [0, 0.1) is 0 Å². The first kappa shape index (κ1) is 23.0. The molecule has 0 unspecified atom stereocenters. The maximum atomic E-state index is 12.9. The third kappa shape index (κ3) is 6.01. The third-order valence-electron chi connectivity index (χ3n) is 5.56. The summed E-state index contributed by atoms with van der Waals surface area (Å²) < 4.78 is 5.39. The minimum Gasteiger partial charge on any atom is -0.495 e. The Morgan fingerprint density at radius 1 is 1.06 bits per heavy atom. The predicted molar refractivity (Wildman–Crippen MR) is 129 cm³/mol. The molecule has 4 rings (SSSR count). The molecule has 0 spiro atoms. The van der Waals surface area contributed by atoms with Crippen LogP contribution >= 0.6 is 11.3 Å². The predicted octanol–water partition coefficient (Wildman–Crippen LogP) is 2.83. The van der Waals surface area contributed by atoms with Gasteiger partial charge in [-0.15, -0.1) is 10.2 Å². The van der Waals surface area contributed by atoms with Crippen LogP contribution in [-0.2, 0) is 11.2 Å². The Balaban J connectivity index is 1.42. The molecule has 2 heterocycles. The van der Waals surface area contributed by atoms with Crippen molar-refractivity contribution in [2.24, 2.45) is 0 Å². The molecular weight excluding hydrogens is 438 g/mol. The van der Waals surface area contributed by atoms with Crippen LogP contribution in [0.25, 0.3) is 10.6 Å². The number of ether oxygens (including phenoxy) is 1. The van der Waals surface area contributed by atoms with Crippen molar-refractivity contribution in [2.45, 2.75) is 6.42 Å². The monoisotopic (exact) mass is 465 g/mol. The minimum atomic E-state index is -0.126. The van der Waals surface area contributed by atoms with Gasteiger partial charge < -0.3 is 15.0 Å². The molecule has 1 aromatic heterocycles. The fraction of sp³-hybridized carbons (Fsp3) is 0.333. The van der Waals surface area contributed by atoms with Gasteiger partial charge in [0.25, 0.3) is 0 Å². The summed E-state index contributed by atoms with van der Waals surface area (Å²) in [5.41, 5.74) is 1.95. The summed E-state index contributed by atoms with van der Waals surface area (Å²) in [7, 11) is 3.62.